The fraction of sp³-hybridized carbons (Fsp3) is 0.182. The molecule has 0 amide bonds. The van der Waals surface area contributed by atoms with Crippen LogP contribution in [0.25, 0.3) is 5.69 Å². The molecule has 0 radical (unpaired) electrons. The van der Waals surface area contributed by atoms with Crippen molar-refractivity contribution in [2.45, 2.75) is 24.5 Å². The number of hydrazone groups is 1. The van der Waals surface area contributed by atoms with Crippen molar-refractivity contribution in [2.24, 2.45) is 10.1 Å². The van der Waals surface area contributed by atoms with Gasteiger partial charge < -0.3 is 4.57 Å². The van der Waals surface area contributed by atoms with E-state index < -0.39 is 5.76 Å². The van der Waals surface area contributed by atoms with Gasteiger partial charge >= 0.3 is 0 Å². The Morgan fingerprint density at radius 3 is 2.42 bits per heavy atom. The van der Waals surface area contributed by atoms with Gasteiger partial charge in [0.25, 0.3) is 5.76 Å². The number of alkyl halides is 2. The van der Waals surface area contributed by atoms with Crippen LogP contribution in [0.2, 0.25) is 0 Å². The summed E-state index contributed by atoms with van der Waals surface area (Å²) in [6, 6.07) is 15.1. The number of nitrogens with one attached hydrogen (secondary N) is 1. The van der Waals surface area contributed by atoms with Gasteiger partial charge in [-0.15, -0.1) is 0 Å². The highest BCUT2D eigenvalue weighted by molar-refractivity contribution is 8.14. The SMILES string of the molecule is Cc1cc(C2=NNC(=Nc3ccc(SC(F)F)cc3)SC2)c(C)n1-c1ccc(F)cc1. The van der Waals surface area contributed by atoms with Gasteiger partial charge in [-0.2, -0.15) is 13.9 Å². The summed E-state index contributed by atoms with van der Waals surface area (Å²) in [4.78, 5) is 4.99. The highest BCUT2D eigenvalue weighted by Gasteiger charge is 2.19. The summed E-state index contributed by atoms with van der Waals surface area (Å²) >= 11 is 2.03. The number of rotatable bonds is 5. The van der Waals surface area contributed by atoms with E-state index in [1.807, 2.05) is 13.8 Å². The van der Waals surface area contributed by atoms with Crippen LogP contribution in [0.15, 0.2) is 69.6 Å². The number of benzene rings is 2. The molecular formula is C22H19F3N4S2. The van der Waals surface area contributed by atoms with Crippen molar-refractivity contribution in [3.05, 3.63) is 77.4 Å². The molecule has 0 saturated carbocycles. The van der Waals surface area contributed by atoms with Crippen molar-refractivity contribution in [2.75, 3.05) is 5.75 Å². The summed E-state index contributed by atoms with van der Waals surface area (Å²) in [6.45, 7) is 4.02. The number of thioether (sulfide) groups is 2. The second-order valence-corrected chi connectivity index (χ2v) is 8.87. The molecular weight excluding hydrogens is 441 g/mol. The molecule has 0 unspecified atom stereocenters. The lowest BCUT2D eigenvalue weighted by molar-refractivity contribution is 0.252. The minimum absolute atomic E-state index is 0.266. The molecule has 3 aromatic rings. The molecule has 0 aliphatic carbocycles. The predicted molar refractivity (Wildman–Crippen MR) is 123 cm³/mol. The number of hydrogen-bond acceptors (Lipinski definition) is 4. The zero-order valence-electron chi connectivity index (χ0n) is 16.8. The highest BCUT2D eigenvalue weighted by atomic mass is 32.2. The first kappa shape index (κ1) is 21.6. The minimum atomic E-state index is -2.44. The molecule has 0 fully saturated rings. The van der Waals surface area contributed by atoms with Crippen LogP contribution >= 0.6 is 23.5 Å². The Morgan fingerprint density at radius 1 is 1.10 bits per heavy atom. The summed E-state index contributed by atoms with van der Waals surface area (Å²) in [5.74, 6) is -2.07. The van der Waals surface area contributed by atoms with Gasteiger partial charge in [-0.25, -0.2) is 9.38 Å². The Morgan fingerprint density at radius 2 is 1.81 bits per heavy atom. The Hall–Kier alpha value is -2.65. The molecule has 0 spiro atoms. The lowest BCUT2D eigenvalue weighted by atomic mass is 10.1. The quantitative estimate of drug-likeness (QED) is 0.456. The van der Waals surface area contributed by atoms with Gasteiger partial charge in [-0.1, -0.05) is 23.5 Å². The summed E-state index contributed by atoms with van der Waals surface area (Å²) < 4.78 is 40.2. The summed E-state index contributed by atoms with van der Waals surface area (Å²) in [5, 5.41) is 5.14. The van der Waals surface area contributed by atoms with Crippen molar-refractivity contribution < 1.29 is 13.2 Å². The van der Waals surface area contributed by atoms with Crippen LogP contribution in [0.3, 0.4) is 0 Å². The third-order valence-electron chi connectivity index (χ3n) is 4.75. The monoisotopic (exact) mass is 460 g/mol. The van der Waals surface area contributed by atoms with Crippen LogP contribution in [0.1, 0.15) is 17.0 Å². The number of amidine groups is 1. The average Bonchev–Trinajstić information content (AvgIpc) is 3.04. The molecule has 31 heavy (non-hydrogen) atoms. The Bertz CT molecular complexity index is 1140. The normalized spacial score (nSPS) is 15.3. The number of aryl methyl sites for hydroxylation is 1. The predicted octanol–water partition coefficient (Wildman–Crippen LogP) is 6.28. The summed E-state index contributed by atoms with van der Waals surface area (Å²) in [7, 11) is 0. The molecule has 4 nitrogen and oxygen atoms in total. The van der Waals surface area contributed by atoms with Crippen LogP contribution in [0.4, 0.5) is 18.9 Å². The third-order valence-corrected chi connectivity index (χ3v) is 6.35. The van der Waals surface area contributed by atoms with Gasteiger partial charge in [-0.3, -0.25) is 5.43 Å². The van der Waals surface area contributed by atoms with Crippen LogP contribution < -0.4 is 5.43 Å². The topological polar surface area (TPSA) is 41.7 Å². The van der Waals surface area contributed by atoms with Gasteiger partial charge in [0.2, 0.25) is 0 Å². The van der Waals surface area contributed by atoms with Crippen molar-refractivity contribution in [1.82, 2.24) is 9.99 Å². The van der Waals surface area contributed by atoms with E-state index in [-0.39, 0.29) is 5.82 Å². The number of aromatic nitrogens is 1. The van der Waals surface area contributed by atoms with Gasteiger partial charge in [0.05, 0.1) is 11.4 Å². The fourth-order valence-electron chi connectivity index (χ4n) is 3.37. The van der Waals surface area contributed by atoms with Crippen molar-refractivity contribution in [3.63, 3.8) is 0 Å². The molecule has 0 atom stereocenters. The molecule has 2 aromatic carbocycles. The van der Waals surface area contributed by atoms with Gasteiger partial charge in [0.15, 0.2) is 5.17 Å². The van der Waals surface area contributed by atoms with Gasteiger partial charge in [0, 0.05) is 33.3 Å². The second-order valence-electron chi connectivity index (χ2n) is 6.84. The van der Waals surface area contributed by atoms with E-state index >= 15 is 0 Å². The number of aliphatic imine (C=N–C) groups is 1. The highest BCUT2D eigenvalue weighted by Crippen LogP contribution is 2.28. The first-order valence-electron chi connectivity index (χ1n) is 9.45. The fourth-order valence-corrected chi connectivity index (χ4v) is 4.65. The van der Waals surface area contributed by atoms with Crippen LogP contribution in [-0.4, -0.2) is 27.0 Å². The van der Waals surface area contributed by atoms with E-state index in [4.69, 9.17) is 0 Å². The number of nitrogens with zero attached hydrogens (tertiary/aromatic N) is 3. The van der Waals surface area contributed by atoms with E-state index in [9.17, 15) is 13.2 Å². The maximum absolute atomic E-state index is 13.3. The largest absolute Gasteiger partial charge is 0.318 e. The smallest absolute Gasteiger partial charge is 0.288 e. The van der Waals surface area contributed by atoms with E-state index in [0.717, 1.165) is 28.4 Å². The molecule has 9 heteroatoms. The van der Waals surface area contributed by atoms with E-state index in [0.29, 0.717) is 33.3 Å². The second kappa shape index (κ2) is 9.23. The van der Waals surface area contributed by atoms with Crippen molar-refractivity contribution in [1.29, 1.82) is 0 Å². The van der Waals surface area contributed by atoms with E-state index in [1.165, 1.54) is 23.9 Å². The van der Waals surface area contributed by atoms with Crippen LogP contribution in [-0.2, 0) is 0 Å². The molecule has 0 saturated heterocycles. The Kier molecular flexibility index (Phi) is 6.43. The van der Waals surface area contributed by atoms with Crippen molar-refractivity contribution in [3.8, 4) is 5.69 Å². The molecule has 2 heterocycles. The summed E-state index contributed by atoms with van der Waals surface area (Å²) in [6.07, 6.45) is 0. The van der Waals surface area contributed by atoms with Crippen LogP contribution in [0.5, 0.6) is 0 Å². The zero-order valence-corrected chi connectivity index (χ0v) is 18.4. The maximum atomic E-state index is 13.3. The first-order valence-corrected chi connectivity index (χ1v) is 11.3. The lowest BCUT2D eigenvalue weighted by Gasteiger charge is -2.15. The van der Waals surface area contributed by atoms with Gasteiger partial charge in [0.1, 0.15) is 5.82 Å². The number of hydrogen-bond donors (Lipinski definition) is 1. The zero-order chi connectivity index (χ0) is 22.0. The molecule has 1 aliphatic rings. The average molecular weight is 461 g/mol. The molecule has 160 valence electrons. The molecule has 1 N–H and O–H groups in total. The Balaban J connectivity index is 1.51. The first-order chi connectivity index (χ1) is 14.9. The molecule has 1 aromatic heterocycles. The maximum Gasteiger partial charge on any atom is 0.288 e. The molecule has 0 bridgehead atoms. The van der Waals surface area contributed by atoms with E-state index in [1.54, 1.807) is 36.4 Å². The minimum Gasteiger partial charge on any atom is -0.318 e. The van der Waals surface area contributed by atoms with Crippen molar-refractivity contribution >= 4 is 40.1 Å². The number of halogens is 3. The standard InChI is InChI=1S/C22H19F3N4S2/c1-13-11-19(14(2)29(13)17-7-3-15(23)4-8-17)20-12-30-22(28-27-20)26-16-5-9-18(10-6-16)31-21(24)25/h3-11,21H,12H2,1-2H3,(H,26,28). The summed E-state index contributed by atoms with van der Waals surface area (Å²) in [5.41, 5.74) is 8.53. The van der Waals surface area contributed by atoms with Crippen LogP contribution in [0, 0.1) is 19.7 Å². The van der Waals surface area contributed by atoms with E-state index in [2.05, 4.69) is 26.2 Å². The van der Waals surface area contributed by atoms with Gasteiger partial charge in [-0.05, 0) is 68.4 Å². The third kappa shape index (κ3) is 4.99. The Labute approximate surface area is 186 Å². The lowest BCUT2D eigenvalue weighted by Crippen LogP contribution is -2.25. The molecule has 1 aliphatic heterocycles. The molecule has 4 rings (SSSR count).